The molecule has 10 heteroatoms. The van der Waals surface area contributed by atoms with Gasteiger partial charge in [-0.05, 0) is 70.7 Å². The second kappa shape index (κ2) is 11.2. The predicted octanol–water partition coefficient (Wildman–Crippen LogP) is 5.86. The summed E-state index contributed by atoms with van der Waals surface area (Å²) in [6.45, 7) is 5.85. The van der Waals surface area contributed by atoms with E-state index in [1.807, 2.05) is 48.9 Å². The number of benzene rings is 2. The monoisotopic (exact) mass is 582 g/mol. The number of carbonyl (C=O) groups is 1. The number of nitrogens with one attached hydrogen (secondary N) is 3. The molecule has 3 aliphatic heterocycles. The van der Waals surface area contributed by atoms with Crippen LogP contribution in [-0.2, 0) is 10.5 Å². The molecule has 1 saturated heterocycles. The summed E-state index contributed by atoms with van der Waals surface area (Å²) in [5, 5.41) is 10.5. The van der Waals surface area contributed by atoms with Gasteiger partial charge in [0.1, 0.15) is 17.6 Å². The number of pyridine rings is 1. The summed E-state index contributed by atoms with van der Waals surface area (Å²) < 4.78 is 15.9. The maximum Gasteiger partial charge on any atom is 0.247 e. The molecule has 0 aliphatic carbocycles. The lowest BCUT2D eigenvalue weighted by molar-refractivity contribution is -0.119. The second-order valence-corrected chi connectivity index (χ2v) is 11.0. The molecule has 3 heterocycles. The van der Waals surface area contributed by atoms with Gasteiger partial charge in [-0.15, -0.1) is 0 Å². The van der Waals surface area contributed by atoms with E-state index in [1.165, 1.54) is 23.9 Å². The van der Waals surface area contributed by atoms with E-state index in [-0.39, 0.29) is 11.7 Å². The van der Waals surface area contributed by atoms with Crippen molar-refractivity contribution in [1.82, 2.24) is 19.9 Å². The first-order valence-corrected chi connectivity index (χ1v) is 14.0. The highest BCUT2D eigenvalue weighted by Gasteiger charge is 2.26. The molecule has 0 spiro atoms. The van der Waals surface area contributed by atoms with Crippen LogP contribution in [0.1, 0.15) is 30.5 Å². The van der Waals surface area contributed by atoms with Gasteiger partial charge in [0.2, 0.25) is 5.91 Å². The molecule has 0 aromatic heterocycles. The third-order valence-corrected chi connectivity index (χ3v) is 7.73. The Labute approximate surface area is 228 Å². The average Bonchev–Trinajstić information content (AvgIpc) is 3.26. The van der Waals surface area contributed by atoms with E-state index >= 15 is 0 Å². The van der Waals surface area contributed by atoms with Crippen LogP contribution >= 0.6 is 27.7 Å². The normalized spacial score (nSPS) is 14.4. The van der Waals surface area contributed by atoms with Crippen LogP contribution in [0.2, 0.25) is 0 Å². The Kier molecular flexibility index (Phi) is 7.78. The molecule has 0 radical (unpaired) electrons. The van der Waals surface area contributed by atoms with E-state index in [2.05, 4.69) is 36.9 Å². The fourth-order valence-electron chi connectivity index (χ4n) is 4.20. The van der Waals surface area contributed by atoms with Crippen molar-refractivity contribution in [3.8, 4) is 11.5 Å². The maximum absolute atomic E-state index is 13.5. The Bertz CT molecular complexity index is 1370. The SMILES string of the molecule is CCC(C(=O)Nc1cc(NC2CNC2)ccc1C)n1cc(Br)cc2nc(SCc3ccc(F)cc3)nc1-2. The number of aryl methyl sites for hydroxylation is 1. The maximum atomic E-state index is 13.5. The van der Waals surface area contributed by atoms with E-state index in [9.17, 15) is 9.18 Å². The highest BCUT2D eigenvalue weighted by molar-refractivity contribution is 9.10. The molecule has 3 aliphatic rings. The molecular formula is C27H28BrFN6OS. The van der Waals surface area contributed by atoms with Gasteiger partial charge in [-0.25, -0.2) is 14.4 Å². The average molecular weight is 584 g/mol. The van der Waals surface area contributed by atoms with E-state index in [0.29, 0.717) is 34.9 Å². The van der Waals surface area contributed by atoms with Crippen molar-refractivity contribution in [3.05, 3.63) is 76.1 Å². The number of fused-ring (bicyclic) bond motifs is 1. The first-order chi connectivity index (χ1) is 17.9. The van der Waals surface area contributed by atoms with Gasteiger partial charge in [-0.1, -0.05) is 36.9 Å². The van der Waals surface area contributed by atoms with Gasteiger partial charge in [0.05, 0.1) is 6.04 Å². The smallest absolute Gasteiger partial charge is 0.247 e. The van der Waals surface area contributed by atoms with Gasteiger partial charge in [0.15, 0.2) is 11.0 Å². The highest BCUT2D eigenvalue weighted by atomic mass is 79.9. The van der Waals surface area contributed by atoms with Crippen LogP contribution in [0.5, 0.6) is 0 Å². The zero-order chi connectivity index (χ0) is 25.9. The topological polar surface area (TPSA) is 83.9 Å². The number of thioether (sulfide) groups is 1. The summed E-state index contributed by atoms with van der Waals surface area (Å²) in [6.07, 6.45) is 2.46. The summed E-state index contributed by atoms with van der Waals surface area (Å²) >= 11 is 5.05. The number of rotatable bonds is 9. The molecule has 1 unspecified atom stereocenters. The molecule has 2 aromatic carbocycles. The lowest BCUT2D eigenvalue weighted by atomic mass is 10.1. The molecule has 1 amide bonds. The Morgan fingerprint density at radius 1 is 1.22 bits per heavy atom. The van der Waals surface area contributed by atoms with Crippen LogP contribution in [-0.4, -0.2) is 39.6 Å². The summed E-state index contributed by atoms with van der Waals surface area (Å²) in [7, 11) is 0. The number of nitrogens with zero attached hydrogens (tertiary/aromatic N) is 3. The van der Waals surface area contributed by atoms with Gasteiger partial charge >= 0.3 is 0 Å². The number of hydrogen-bond acceptors (Lipinski definition) is 6. The fourth-order valence-corrected chi connectivity index (χ4v) is 5.44. The first kappa shape index (κ1) is 25.7. The largest absolute Gasteiger partial charge is 0.380 e. The molecule has 192 valence electrons. The van der Waals surface area contributed by atoms with Crippen molar-refractivity contribution in [2.45, 2.75) is 43.3 Å². The van der Waals surface area contributed by atoms with E-state index in [0.717, 1.165) is 40.1 Å². The quantitative estimate of drug-likeness (QED) is 0.214. The molecule has 0 saturated carbocycles. The Morgan fingerprint density at radius 2 is 2.00 bits per heavy atom. The molecule has 1 fully saturated rings. The van der Waals surface area contributed by atoms with Gasteiger partial charge in [0.25, 0.3) is 0 Å². The Morgan fingerprint density at radius 3 is 2.70 bits per heavy atom. The van der Waals surface area contributed by atoms with Crippen LogP contribution in [0.4, 0.5) is 15.8 Å². The zero-order valence-corrected chi connectivity index (χ0v) is 23.0. The minimum absolute atomic E-state index is 0.110. The van der Waals surface area contributed by atoms with E-state index < -0.39 is 6.04 Å². The summed E-state index contributed by atoms with van der Waals surface area (Å²) in [4.78, 5) is 23.0. The van der Waals surface area contributed by atoms with Gasteiger partial charge in [0, 0.05) is 40.9 Å². The number of imidazole rings is 1. The molecule has 5 rings (SSSR count). The summed E-state index contributed by atoms with van der Waals surface area (Å²) in [5.74, 6) is 0.904. The number of amides is 1. The van der Waals surface area contributed by atoms with Crippen LogP contribution in [0.25, 0.3) is 11.5 Å². The van der Waals surface area contributed by atoms with Crippen molar-refractivity contribution in [3.63, 3.8) is 0 Å². The third-order valence-electron chi connectivity index (χ3n) is 6.38. The van der Waals surface area contributed by atoms with Gasteiger partial charge in [-0.2, -0.15) is 0 Å². The van der Waals surface area contributed by atoms with Gasteiger partial charge < -0.3 is 20.5 Å². The lowest BCUT2D eigenvalue weighted by Gasteiger charge is -2.29. The first-order valence-electron chi connectivity index (χ1n) is 12.2. The van der Waals surface area contributed by atoms with E-state index in [1.54, 1.807) is 12.1 Å². The second-order valence-electron chi connectivity index (χ2n) is 9.14. The molecule has 0 bridgehead atoms. The number of aromatic nitrogens is 3. The highest BCUT2D eigenvalue weighted by Crippen LogP contribution is 2.32. The molecule has 1 atom stereocenters. The standard InChI is InChI=1S/C27H28BrFN6OS/c1-3-24(26(36)32-22-11-20(9-4-16(22)2)31-21-12-30-13-21)35-14-18(28)10-23-25(35)34-27(33-23)37-15-17-5-7-19(29)8-6-17/h4-11,14,21,24,30-31H,3,12-13,15H2,1-2H3,(H,32,36). The number of hydrogen-bond donors (Lipinski definition) is 3. The van der Waals surface area contributed by atoms with Crippen molar-refractivity contribution >= 4 is 45.0 Å². The van der Waals surface area contributed by atoms with Crippen molar-refractivity contribution in [2.24, 2.45) is 0 Å². The molecule has 3 N–H and O–H groups in total. The van der Waals surface area contributed by atoms with Crippen molar-refractivity contribution in [2.75, 3.05) is 23.7 Å². The molecule has 7 nitrogen and oxygen atoms in total. The Hall–Kier alpha value is -2.95. The van der Waals surface area contributed by atoms with Crippen LogP contribution in [0.15, 0.2) is 64.4 Å². The van der Waals surface area contributed by atoms with Crippen LogP contribution in [0, 0.1) is 12.7 Å². The lowest BCUT2D eigenvalue weighted by Crippen LogP contribution is -2.51. The molecule has 37 heavy (non-hydrogen) atoms. The van der Waals surface area contributed by atoms with Gasteiger partial charge in [-0.3, -0.25) is 4.79 Å². The predicted molar refractivity (Wildman–Crippen MR) is 150 cm³/mol. The molecule has 2 aromatic rings. The molecular weight excluding hydrogens is 555 g/mol. The summed E-state index contributed by atoms with van der Waals surface area (Å²) in [6, 6.07) is 14.3. The number of carbonyl (C=O) groups excluding carboxylic acids is 1. The number of anilines is 2. The van der Waals surface area contributed by atoms with Crippen LogP contribution in [0.3, 0.4) is 0 Å². The fraction of sp³-hybridized carbons (Fsp3) is 0.296. The third kappa shape index (κ3) is 5.97. The zero-order valence-electron chi connectivity index (χ0n) is 20.6. The van der Waals surface area contributed by atoms with E-state index in [4.69, 9.17) is 4.98 Å². The van der Waals surface area contributed by atoms with Crippen molar-refractivity contribution < 1.29 is 9.18 Å². The minimum atomic E-state index is -0.474. The number of halogens is 2. The van der Waals surface area contributed by atoms with Crippen molar-refractivity contribution in [1.29, 1.82) is 0 Å². The van der Waals surface area contributed by atoms with Crippen LogP contribution < -0.4 is 16.0 Å². The summed E-state index contributed by atoms with van der Waals surface area (Å²) in [5.41, 5.74) is 4.47. The Balaban J connectivity index is 1.36. The minimum Gasteiger partial charge on any atom is -0.380 e.